The summed E-state index contributed by atoms with van der Waals surface area (Å²) in [6.07, 6.45) is 0. The molecule has 0 spiro atoms. The fraction of sp³-hybridized carbons (Fsp3) is 0.400. The van der Waals surface area contributed by atoms with Crippen molar-refractivity contribution in [3.63, 3.8) is 0 Å². The first kappa shape index (κ1) is 20.7. The Kier molecular flexibility index (Phi) is 6.32. The summed E-state index contributed by atoms with van der Waals surface area (Å²) in [6.45, 7) is 5.08. The molecular formula is C20H25F2N3O2S. The van der Waals surface area contributed by atoms with Gasteiger partial charge in [0.05, 0.1) is 5.75 Å². The summed E-state index contributed by atoms with van der Waals surface area (Å²) in [5, 5.41) is 0. The number of benzene rings is 2. The summed E-state index contributed by atoms with van der Waals surface area (Å²) in [6, 6.07) is 9.24. The molecule has 1 saturated heterocycles. The summed E-state index contributed by atoms with van der Waals surface area (Å²) >= 11 is 0. The number of sulfonamides is 1. The smallest absolute Gasteiger partial charge is 0.216 e. The van der Waals surface area contributed by atoms with E-state index in [9.17, 15) is 17.2 Å². The normalized spacial score (nSPS) is 16.9. The number of piperazine rings is 1. The van der Waals surface area contributed by atoms with Crippen LogP contribution in [0.4, 0.5) is 14.5 Å². The van der Waals surface area contributed by atoms with Gasteiger partial charge in [0.25, 0.3) is 0 Å². The van der Waals surface area contributed by atoms with Crippen molar-refractivity contribution in [2.75, 3.05) is 38.1 Å². The lowest BCUT2D eigenvalue weighted by molar-refractivity contribution is 0.312. The Balaban J connectivity index is 1.78. The van der Waals surface area contributed by atoms with Gasteiger partial charge in [0.1, 0.15) is 11.6 Å². The number of hydrogen-bond donors (Lipinski definition) is 1. The molecule has 5 nitrogen and oxygen atoms in total. The van der Waals surface area contributed by atoms with Crippen molar-refractivity contribution in [1.29, 1.82) is 0 Å². The molecule has 1 aliphatic heterocycles. The molecule has 0 amide bonds. The Morgan fingerprint density at radius 3 is 2.25 bits per heavy atom. The van der Waals surface area contributed by atoms with E-state index in [1.807, 2.05) is 0 Å². The van der Waals surface area contributed by atoms with Crippen LogP contribution in [-0.2, 0) is 15.8 Å². The lowest BCUT2D eigenvalue weighted by atomic mass is 10.0. The van der Waals surface area contributed by atoms with Crippen molar-refractivity contribution in [2.45, 2.75) is 18.7 Å². The molecular weight excluding hydrogens is 384 g/mol. The molecule has 1 fully saturated rings. The maximum absolute atomic E-state index is 13.9. The molecule has 1 aliphatic rings. The third-order valence-corrected chi connectivity index (χ3v) is 6.35. The van der Waals surface area contributed by atoms with Gasteiger partial charge < -0.3 is 9.80 Å². The topological polar surface area (TPSA) is 52.7 Å². The molecule has 0 bridgehead atoms. The first-order chi connectivity index (χ1) is 13.2. The van der Waals surface area contributed by atoms with Gasteiger partial charge in [-0.3, -0.25) is 0 Å². The molecule has 0 saturated carbocycles. The Hall–Kier alpha value is -2.03. The van der Waals surface area contributed by atoms with Crippen LogP contribution in [0.2, 0.25) is 0 Å². The maximum Gasteiger partial charge on any atom is 0.216 e. The van der Waals surface area contributed by atoms with Gasteiger partial charge in [0, 0.05) is 37.9 Å². The second-order valence-electron chi connectivity index (χ2n) is 7.22. The molecule has 1 atom stereocenters. The van der Waals surface area contributed by atoms with E-state index in [0.29, 0.717) is 11.1 Å². The number of likely N-dealkylation sites (N-methyl/N-ethyl adjacent to an activating group) is 1. The first-order valence-corrected chi connectivity index (χ1v) is 10.9. The van der Waals surface area contributed by atoms with Gasteiger partial charge in [-0.2, -0.15) is 0 Å². The Morgan fingerprint density at radius 2 is 1.61 bits per heavy atom. The van der Waals surface area contributed by atoms with Crippen molar-refractivity contribution in [1.82, 2.24) is 9.62 Å². The Bertz CT molecular complexity index is 912. The van der Waals surface area contributed by atoms with Crippen LogP contribution in [0.25, 0.3) is 0 Å². The van der Waals surface area contributed by atoms with Gasteiger partial charge in [-0.25, -0.2) is 21.9 Å². The first-order valence-electron chi connectivity index (χ1n) is 9.21. The van der Waals surface area contributed by atoms with Crippen LogP contribution in [0, 0.1) is 11.6 Å². The summed E-state index contributed by atoms with van der Waals surface area (Å²) in [7, 11) is -1.63. The summed E-state index contributed by atoms with van der Waals surface area (Å²) in [5.74, 6) is -1.09. The standard InChI is InChI=1S/C20H25F2N3O2S/c1-15(23-28(26,27)14-16-3-5-17(21)6-4-16)19-13-18(22)7-8-20(19)25-11-9-24(2)10-12-25/h3-8,13,15,23H,9-12,14H2,1-2H3. The quantitative estimate of drug-likeness (QED) is 0.797. The van der Waals surface area contributed by atoms with Crippen molar-refractivity contribution in [3.05, 3.63) is 65.2 Å². The van der Waals surface area contributed by atoms with Crippen molar-refractivity contribution >= 4 is 15.7 Å². The molecule has 3 rings (SSSR count). The Labute approximate surface area is 165 Å². The maximum atomic E-state index is 13.9. The summed E-state index contributed by atoms with van der Waals surface area (Å²) in [5.41, 5.74) is 1.93. The number of nitrogens with zero attached hydrogens (tertiary/aromatic N) is 2. The van der Waals surface area contributed by atoms with Gasteiger partial charge >= 0.3 is 0 Å². The van der Waals surface area contributed by atoms with E-state index in [-0.39, 0.29) is 5.75 Å². The highest BCUT2D eigenvalue weighted by Gasteiger charge is 2.23. The van der Waals surface area contributed by atoms with Crippen molar-refractivity contribution in [3.8, 4) is 0 Å². The number of anilines is 1. The molecule has 2 aromatic carbocycles. The molecule has 2 aromatic rings. The largest absolute Gasteiger partial charge is 0.369 e. The zero-order valence-electron chi connectivity index (χ0n) is 16.0. The highest BCUT2D eigenvalue weighted by Crippen LogP contribution is 2.29. The van der Waals surface area contributed by atoms with E-state index in [2.05, 4.69) is 21.6 Å². The fourth-order valence-electron chi connectivity index (χ4n) is 3.38. The van der Waals surface area contributed by atoms with E-state index in [1.165, 1.54) is 36.4 Å². The zero-order chi connectivity index (χ0) is 20.3. The minimum atomic E-state index is -3.69. The highest BCUT2D eigenvalue weighted by atomic mass is 32.2. The van der Waals surface area contributed by atoms with E-state index in [1.54, 1.807) is 13.0 Å². The van der Waals surface area contributed by atoms with Crippen LogP contribution in [-0.4, -0.2) is 46.5 Å². The highest BCUT2D eigenvalue weighted by molar-refractivity contribution is 7.88. The molecule has 0 aliphatic carbocycles. The third-order valence-electron chi connectivity index (χ3n) is 4.93. The predicted molar refractivity (Wildman–Crippen MR) is 107 cm³/mol. The van der Waals surface area contributed by atoms with Gasteiger partial charge in [0.15, 0.2) is 0 Å². The van der Waals surface area contributed by atoms with Crippen LogP contribution in [0.3, 0.4) is 0 Å². The summed E-state index contributed by atoms with van der Waals surface area (Å²) in [4.78, 5) is 4.37. The lowest BCUT2D eigenvalue weighted by Gasteiger charge is -2.36. The number of hydrogen-bond acceptors (Lipinski definition) is 4. The van der Waals surface area contributed by atoms with E-state index in [0.717, 1.165) is 31.9 Å². The van der Waals surface area contributed by atoms with Crippen LogP contribution < -0.4 is 9.62 Å². The summed E-state index contributed by atoms with van der Waals surface area (Å²) < 4.78 is 54.7. The van der Waals surface area contributed by atoms with E-state index in [4.69, 9.17) is 0 Å². The molecule has 1 heterocycles. The van der Waals surface area contributed by atoms with Crippen LogP contribution >= 0.6 is 0 Å². The molecule has 8 heteroatoms. The second-order valence-corrected chi connectivity index (χ2v) is 8.97. The number of nitrogens with one attached hydrogen (secondary N) is 1. The molecule has 152 valence electrons. The minimum Gasteiger partial charge on any atom is -0.369 e. The van der Waals surface area contributed by atoms with Crippen molar-refractivity contribution in [2.24, 2.45) is 0 Å². The van der Waals surface area contributed by atoms with Crippen LogP contribution in [0.1, 0.15) is 24.1 Å². The van der Waals surface area contributed by atoms with E-state index < -0.39 is 27.7 Å². The van der Waals surface area contributed by atoms with Crippen LogP contribution in [0.15, 0.2) is 42.5 Å². The third kappa shape index (κ3) is 5.27. The molecule has 28 heavy (non-hydrogen) atoms. The molecule has 0 aromatic heterocycles. The monoisotopic (exact) mass is 409 g/mol. The molecule has 1 N–H and O–H groups in total. The van der Waals surface area contributed by atoms with Gasteiger partial charge in [-0.1, -0.05) is 12.1 Å². The van der Waals surface area contributed by atoms with Gasteiger partial charge in [-0.05, 0) is 55.4 Å². The lowest BCUT2D eigenvalue weighted by Crippen LogP contribution is -2.45. The zero-order valence-corrected chi connectivity index (χ0v) is 16.8. The minimum absolute atomic E-state index is 0.267. The van der Waals surface area contributed by atoms with Gasteiger partial charge in [-0.15, -0.1) is 0 Å². The van der Waals surface area contributed by atoms with Crippen LogP contribution in [0.5, 0.6) is 0 Å². The average molecular weight is 410 g/mol. The molecule has 0 radical (unpaired) electrons. The fourth-order valence-corrected chi connectivity index (χ4v) is 4.76. The average Bonchev–Trinajstić information content (AvgIpc) is 2.64. The molecule has 1 unspecified atom stereocenters. The van der Waals surface area contributed by atoms with Crippen molar-refractivity contribution < 1.29 is 17.2 Å². The Morgan fingerprint density at radius 1 is 1.00 bits per heavy atom. The second kappa shape index (κ2) is 8.55. The number of halogens is 2. The SMILES string of the molecule is CC(NS(=O)(=O)Cc1ccc(F)cc1)c1cc(F)ccc1N1CCN(C)CC1. The number of rotatable bonds is 6. The predicted octanol–water partition coefficient (Wildman–Crippen LogP) is 2.90. The van der Waals surface area contributed by atoms with E-state index >= 15 is 0 Å². The van der Waals surface area contributed by atoms with Gasteiger partial charge in [0.2, 0.25) is 10.0 Å².